The molecule has 29 heavy (non-hydrogen) atoms. The van der Waals surface area contributed by atoms with Gasteiger partial charge in [0.25, 0.3) is 0 Å². The van der Waals surface area contributed by atoms with Crippen LogP contribution in [-0.2, 0) is 19.1 Å². The van der Waals surface area contributed by atoms with E-state index in [0.717, 1.165) is 44.9 Å². The fourth-order valence-electron chi connectivity index (χ4n) is 3.00. The van der Waals surface area contributed by atoms with E-state index in [2.05, 4.69) is 45.9 Å². The summed E-state index contributed by atoms with van der Waals surface area (Å²) in [5, 5.41) is 0. The van der Waals surface area contributed by atoms with E-state index in [1.807, 2.05) is 0 Å². The first-order valence-electron chi connectivity index (χ1n) is 11.1. The molecule has 0 bridgehead atoms. The minimum atomic E-state index is -0.792. The van der Waals surface area contributed by atoms with Crippen LogP contribution in [0.3, 0.4) is 0 Å². The summed E-state index contributed by atoms with van der Waals surface area (Å²) >= 11 is 0. The van der Waals surface area contributed by atoms with Gasteiger partial charge in [-0.2, -0.15) is 0 Å². The Morgan fingerprint density at radius 3 is 1.69 bits per heavy atom. The van der Waals surface area contributed by atoms with Crippen molar-refractivity contribution in [2.45, 2.75) is 92.9 Å². The van der Waals surface area contributed by atoms with Gasteiger partial charge in [-0.05, 0) is 86.5 Å². The highest BCUT2D eigenvalue weighted by atomic mass is 16.6. The molecule has 0 heterocycles. The van der Waals surface area contributed by atoms with Crippen LogP contribution >= 0.6 is 0 Å². The van der Waals surface area contributed by atoms with Crippen LogP contribution in [0.25, 0.3) is 0 Å². The Hall–Kier alpha value is -1.84. The van der Waals surface area contributed by atoms with Gasteiger partial charge >= 0.3 is 11.9 Å². The zero-order chi connectivity index (χ0) is 22.1. The maximum absolute atomic E-state index is 12.0. The Bertz CT molecular complexity index is 547. The first-order valence-corrected chi connectivity index (χ1v) is 11.1. The van der Waals surface area contributed by atoms with Crippen LogP contribution in [0.5, 0.6) is 0 Å². The molecule has 0 rings (SSSR count). The smallest absolute Gasteiger partial charge is 0.320 e. The highest BCUT2D eigenvalue weighted by Gasteiger charge is 2.28. The Kier molecular flexibility index (Phi) is 16.0. The molecule has 0 unspecified atom stereocenters. The summed E-state index contributed by atoms with van der Waals surface area (Å²) in [6, 6.07) is 0. The predicted molar refractivity (Wildman–Crippen MR) is 121 cm³/mol. The lowest BCUT2D eigenvalue weighted by atomic mass is 10.0. The summed E-state index contributed by atoms with van der Waals surface area (Å²) in [5.41, 5.74) is 4.23. The summed E-state index contributed by atoms with van der Waals surface area (Å²) in [7, 11) is 0. The van der Waals surface area contributed by atoms with E-state index in [-0.39, 0.29) is 13.2 Å². The summed E-state index contributed by atoms with van der Waals surface area (Å²) in [6.45, 7) is 12.7. The first-order chi connectivity index (χ1) is 13.8. The van der Waals surface area contributed by atoms with Gasteiger partial charge < -0.3 is 9.47 Å². The normalized spacial score (nSPS) is 12.1. The zero-order valence-electron chi connectivity index (χ0n) is 19.5. The summed E-state index contributed by atoms with van der Waals surface area (Å²) in [6.07, 6.45) is 14.5. The van der Waals surface area contributed by atoms with Crippen molar-refractivity contribution in [1.82, 2.24) is 0 Å². The average Bonchev–Trinajstić information content (AvgIpc) is 2.64. The Morgan fingerprint density at radius 1 is 0.724 bits per heavy atom. The highest BCUT2D eigenvalue weighted by Crippen LogP contribution is 2.16. The molecule has 0 atom stereocenters. The third-order valence-electron chi connectivity index (χ3n) is 4.70. The molecule has 0 N–H and O–H groups in total. The molecule has 0 saturated heterocycles. The predicted octanol–water partition coefficient (Wildman–Crippen LogP) is 6.71. The van der Waals surface area contributed by atoms with Crippen molar-refractivity contribution in [2.75, 3.05) is 13.2 Å². The van der Waals surface area contributed by atoms with E-state index in [4.69, 9.17) is 9.47 Å². The third kappa shape index (κ3) is 14.8. The van der Waals surface area contributed by atoms with Crippen molar-refractivity contribution in [2.24, 2.45) is 5.92 Å². The maximum Gasteiger partial charge on any atom is 0.320 e. The van der Waals surface area contributed by atoms with Crippen LogP contribution < -0.4 is 0 Å². The van der Waals surface area contributed by atoms with E-state index in [1.165, 1.54) is 16.7 Å². The average molecular weight is 407 g/mol. The minimum Gasteiger partial charge on any atom is -0.465 e. The largest absolute Gasteiger partial charge is 0.465 e. The highest BCUT2D eigenvalue weighted by molar-refractivity contribution is 5.94. The number of hydrogen-bond acceptors (Lipinski definition) is 4. The van der Waals surface area contributed by atoms with Crippen LogP contribution in [0.1, 0.15) is 92.9 Å². The molecule has 0 aliphatic carbocycles. The number of unbranched alkanes of at least 4 members (excludes halogenated alkanes) is 2. The van der Waals surface area contributed by atoms with Crippen LogP contribution in [0, 0.1) is 5.92 Å². The Balaban J connectivity index is 4.21. The van der Waals surface area contributed by atoms with Gasteiger partial charge in [-0.1, -0.05) is 41.4 Å². The zero-order valence-corrected chi connectivity index (χ0v) is 19.5. The lowest BCUT2D eigenvalue weighted by Crippen LogP contribution is -2.28. The number of carbonyl (C=O) groups is 2. The number of ether oxygens (including phenoxy) is 2. The van der Waals surface area contributed by atoms with Gasteiger partial charge in [0.1, 0.15) is 0 Å². The van der Waals surface area contributed by atoms with Gasteiger partial charge in [0, 0.05) is 0 Å². The van der Waals surface area contributed by atoms with Crippen LogP contribution in [0.4, 0.5) is 0 Å². The summed E-state index contributed by atoms with van der Waals surface area (Å²) < 4.78 is 10.0. The molecule has 0 aliphatic heterocycles. The second-order valence-corrected chi connectivity index (χ2v) is 7.80. The first kappa shape index (κ1) is 27.2. The lowest BCUT2D eigenvalue weighted by molar-refractivity contribution is -0.161. The second kappa shape index (κ2) is 17.1. The van der Waals surface area contributed by atoms with Crippen molar-refractivity contribution in [1.29, 1.82) is 0 Å². The van der Waals surface area contributed by atoms with Crippen molar-refractivity contribution in [3.63, 3.8) is 0 Å². The SMILES string of the molecule is CCOC(=O)C(CCCC/C=C(\C)CC/C=C(\C)CCC=C(C)C)C(=O)OCC. The van der Waals surface area contributed by atoms with Crippen LogP contribution in [-0.4, -0.2) is 25.2 Å². The van der Waals surface area contributed by atoms with Gasteiger partial charge in [0.05, 0.1) is 13.2 Å². The molecule has 0 aromatic heterocycles. The molecule has 0 fully saturated rings. The molecule has 166 valence electrons. The standard InChI is InChI=1S/C25H42O4/c1-7-28-24(26)23(25(27)29-8-2)19-11-9-10-15-21(5)17-13-18-22(6)16-12-14-20(3)4/h14-15,18,23H,7-13,16-17,19H2,1-6H3/b21-15+,22-18+. The van der Waals surface area contributed by atoms with E-state index < -0.39 is 17.9 Å². The van der Waals surface area contributed by atoms with Crippen molar-refractivity contribution in [3.8, 4) is 0 Å². The number of allylic oxidation sites excluding steroid dienone is 6. The van der Waals surface area contributed by atoms with E-state index in [1.54, 1.807) is 13.8 Å². The van der Waals surface area contributed by atoms with E-state index in [9.17, 15) is 9.59 Å². The fraction of sp³-hybridized carbons (Fsp3) is 0.680. The molecule has 0 aromatic rings. The molecule has 0 radical (unpaired) electrons. The van der Waals surface area contributed by atoms with Gasteiger partial charge in [0.2, 0.25) is 0 Å². The quantitative estimate of drug-likeness (QED) is 0.131. The number of rotatable bonds is 15. The molecule has 0 aromatic carbocycles. The molecule has 0 saturated carbocycles. The van der Waals surface area contributed by atoms with Crippen LogP contribution in [0.15, 0.2) is 34.9 Å². The summed E-state index contributed by atoms with van der Waals surface area (Å²) in [4.78, 5) is 23.9. The molecule has 4 nitrogen and oxygen atoms in total. The van der Waals surface area contributed by atoms with Crippen molar-refractivity contribution in [3.05, 3.63) is 34.9 Å². The number of esters is 2. The van der Waals surface area contributed by atoms with Gasteiger partial charge in [-0.3, -0.25) is 9.59 Å². The van der Waals surface area contributed by atoms with Gasteiger partial charge in [0.15, 0.2) is 5.92 Å². The molecule has 0 aliphatic rings. The molecule has 0 spiro atoms. The maximum atomic E-state index is 12.0. The minimum absolute atomic E-state index is 0.277. The van der Waals surface area contributed by atoms with Crippen LogP contribution in [0.2, 0.25) is 0 Å². The Labute approximate surface area is 178 Å². The molecular weight excluding hydrogens is 364 g/mol. The molecular formula is C25H42O4. The van der Waals surface area contributed by atoms with Gasteiger partial charge in [-0.25, -0.2) is 0 Å². The van der Waals surface area contributed by atoms with Gasteiger partial charge in [-0.15, -0.1) is 0 Å². The Morgan fingerprint density at radius 2 is 1.21 bits per heavy atom. The van der Waals surface area contributed by atoms with E-state index >= 15 is 0 Å². The number of hydrogen-bond donors (Lipinski definition) is 0. The van der Waals surface area contributed by atoms with Crippen molar-refractivity contribution < 1.29 is 19.1 Å². The monoisotopic (exact) mass is 406 g/mol. The number of carbonyl (C=O) groups excluding carboxylic acids is 2. The fourth-order valence-corrected chi connectivity index (χ4v) is 3.00. The molecule has 4 heteroatoms. The molecule has 0 amide bonds. The van der Waals surface area contributed by atoms with E-state index in [0.29, 0.717) is 6.42 Å². The second-order valence-electron chi connectivity index (χ2n) is 7.80. The lowest BCUT2D eigenvalue weighted by Gasteiger charge is -2.13. The van der Waals surface area contributed by atoms with Crippen molar-refractivity contribution >= 4 is 11.9 Å². The third-order valence-corrected chi connectivity index (χ3v) is 4.70. The topological polar surface area (TPSA) is 52.6 Å². The summed E-state index contributed by atoms with van der Waals surface area (Å²) in [5.74, 6) is -1.73.